The molecule has 0 spiro atoms. The zero-order valence-corrected chi connectivity index (χ0v) is 22.1. The van der Waals surface area contributed by atoms with Gasteiger partial charge >= 0.3 is 6.18 Å². The number of halogens is 5. The van der Waals surface area contributed by atoms with Crippen molar-refractivity contribution in [1.82, 2.24) is 24.4 Å². The van der Waals surface area contributed by atoms with E-state index in [0.29, 0.717) is 38.5 Å². The second kappa shape index (κ2) is 10.3. The van der Waals surface area contributed by atoms with E-state index in [4.69, 9.17) is 16.3 Å². The van der Waals surface area contributed by atoms with E-state index in [1.807, 2.05) is 0 Å². The number of alkyl halides is 3. The van der Waals surface area contributed by atoms with Crippen molar-refractivity contribution >= 4 is 28.8 Å². The molecule has 8 nitrogen and oxygen atoms in total. The van der Waals surface area contributed by atoms with Crippen molar-refractivity contribution in [1.29, 1.82) is 0 Å². The number of carbonyl (C=O) groups is 1. The summed E-state index contributed by atoms with van der Waals surface area (Å²) in [7, 11) is 1.48. The topological polar surface area (TPSA) is 86.3 Å². The minimum atomic E-state index is -4.77. The molecule has 0 aliphatic rings. The summed E-state index contributed by atoms with van der Waals surface area (Å²) in [6, 6.07) is 12.5. The molecule has 0 aliphatic heterocycles. The summed E-state index contributed by atoms with van der Waals surface area (Å²) in [4.78, 5) is 17.4. The SMILES string of the molecule is COc1ccc(-c2cc(C(F)(F)F)n3nc(C(=O)Nc4c(C)nn(Cc5ccc(F)cc5Cl)c4C)cc3n2)cc1. The fraction of sp³-hybridized carbons (Fsp3) is 0.185. The van der Waals surface area contributed by atoms with Gasteiger partial charge in [-0.2, -0.15) is 23.4 Å². The first-order valence-corrected chi connectivity index (χ1v) is 12.2. The Bertz CT molecular complexity index is 1750. The van der Waals surface area contributed by atoms with Crippen molar-refractivity contribution < 1.29 is 27.1 Å². The van der Waals surface area contributed by atoms with Crippen LogP contribution in [0.15, 0.2) is 54.6 Å². The van der Waals surface area contributed by atoms with Gasteiger partial charge in [-0.15, -0.1) is 0 Å². The van der Waals surface area contributed by atoms with Crippen molar-refractivity contribution in [3.63, 3.8) is 0 Å². The van der Waals surface area contributed by atoms with E-state index in [-0.39, 0.29) is 28.6 Å². The molecule has 0 unspecified atom stereocenters. The lowest BCUT2D eigenvalue weighted by Gasteiger charge is -2.11. The van der Waals surface area contributed by atoms with Gasteiger partial charge in [0.1, 0.15) is 11.6 Å². The zero-order chi connectivity index (χ0) is 28.8. The number of nitrogens with zero attached hydrogens (tertiary/aromatic N) is 5. The highest BCUT2D eigenvalue weighted by Crippen LogP contribution is 2.33. The van der Waals surface area contributed by atoms with Crippen LogP contribution in [-0.4, -0.2) is 37.4 Å². The fourth-order valence-electron chi connectivity index (χ4n) is 4.22. The van der Waals surface area contributed by atoms with Gasteiger partial charge in [-0.05, 0) is 61.9 Å². The predicted molar refractivity (Wildman–Crippen MR) is 140 cm³/mol. The normalized spacial score (nSPS) is 11.7. The van der Waals surface area contributed by atoms with Gasteiger partial charge in [-0.3, -0.25) is 9.48 Å². The molecular weight excluding hydrogens is 552 g/mol. The summed E-state index contributed by atoms with van der Waals surface area (Å²) in [6.07, 6.45) is -4.77. The lowest BCUT2D eigenvalue weighted by Crippen LogP contribution is -2.16. The van der Waals surface area contributed by atoms with Crippen LogP contribution in [0.25, 0.3) is 16.9 Å². The first-order valence-electron chi connectivity index (χ1n) is 11.9. The first kappa shape index (κ1) is 27.1. The number of fused-ring (bicyclic) bond motifs is 1. The van der Waals surface area contributed by atoms with E-state index >= 15 is 0 Å². The molecular formula is C27H21ClF4N6O2. The number of aryl methyl sites for hydroxylation is 1. The number of benzene rings is 2. The van der Waals surface area contributed by atoms with E-state index < -0.39 is 23.6 Å². The fourth-order valence-corrected chi connectivity index (χ4v) is 4.44. The van der Waals surface area contributed by atoms with E-state index in [9.17, 15) is 22.4 Å². The van der Waals surface area contributed by atoms with Gasteiger partial charge in [0.2, 0.25) is 0 Å². The average molecular weight is 573 g/mol. The molecule has 3 aromatic heterocycles. The molecule has 0 fully saturated rings. The van der Waals surface area contributed by atoms with Gasteiger partial charge < -0.3 is 10.1 Å². The minimum Gasteiger partial charge on any atom is -0.497 e. The number of nitrogens with one attached hydrogen (secondary N) is 1. The van der Waals surface area contributed by atoms with Crippen molar-refractivity contribution in [2.75, 3.05) is 12.4 Å². The molecule has 13 heteroatoms. The molecule has 5 rings (SSSR count). The highest BCUT2D eigenvalue weighted by Gasteiger charge is 2.36. The quantitative estimate of drug-likeness (QED) is 0.240. The average Bonchev–Trinajstić information content (AvgIpc) is 3.45. The predicted octanol–water partition coefficient (Wildman–Crippen LogP) is 6.33. The highest BCUT2D eigenvalue weighted by molar-refractivity contribution is 6.31. The Labute approximate surface area is 230 Å². The minimum absolute atomic E-state index is 0.0572. The molecule has 0 saturated heterocycles. The molecule has 0 saturated carbocycles. The van der Waals surface area contributed by atoms with E-state index in [0.717, 1.165) is 6.07 Å². The van der Waals surface area contributed by atoms with Crippen molar-refractivity contribution in [2.24, 2.45) is 0 Å². The third-order valence-corrected chi connectivity index (χ3v) is 6.64. The Balaban J connectivity index is 1.47. The Morgan fingerprint density at radius 2 is 1.77 bits per heavy atom. The van der Waals surface area contributed by atoms with E-state index in [1.165, 1.54) is 31.4 Å². The Morgan fingerprint density at radius 3 is 2.42 bits per heavy atom. The molecule has 1 amide bonds. The molecule has 0 radical (unpaired) electrons. The molecule has 1 N–H and O–H groups in total. The van der Waals surface area contributed by atoms with Crippen molar-refractivity contribution in [3.8, 4) is 17.0 Å². The summed E-state index contributed by atoms with van der Waals surface area (Å²) in [5.41, 5.74) is 0.989. The number of rotatable bonds is 6. The maximum atomic E-state index is 14.0. The van der Waals surface area contributed by atoms with E-state index in [2.05, 4.69) is 20.5 Å². The number of hydrogen-bond acceptors (Lipinski definition) is 5. The third-order valence-electron chi connectivity index (χ3n) is 6.29. The van der Waals surface area contributed by atoms with Crippen LogP contribution in [0.4, 0.5) is 23.2 Å². The smallest absolute Gasteiger partial charge is 0.433 e. The Hall–Kier alpha value is -4.45. The molecule has 3 heterocycles. The number of anilines is 1. The van der Waals surface area contributed by atoms with Crippen LogP contribution in [-0.2, 0) is 12.7 Å². The number of ether oxygens (including phenoxy) is 1. The van der Waals surface area contributed by atoms with Gasteiger partial charge in [0.25, 0.3) is 5.91 Å². The summed E-state index contributed by atoms with van der Waals surface area (Å²) in [6.45, 7) is 3.59. The van der Waals surface area contributed by atoms with Gasteiger partial charge in [0.15, 0.2) is 17.0 Å². The zero-order valence-electron chi connectivity index (χ0n) is 21.3. The molecule has 0 atom stereocenters. The largest absolute Gasteiger partial charge is 0.497 e. The summed E-state index contributed by atoms with van der Waals surface area (Å²) < 4.78 is 62.6. The van der Waals surface area contributed by atoms with Gasteiger partial charge in [-0.1, -0.05) is 17.7 Å². The summed E-state index contributed by atoms with van der Waals surface area (Å²) in [5, 5.41) is 11.2. The lowest BCUT2D eigenvalue weighted by molar-refractivity contribution is -0.142. The van der Waals surface area contributed by atoms with E-state index in [1.54, 1.807) is 42.8 Å². The van der Waals surface area contributed by atoms with Crippen LogP contribution in [0, 0.1) is 19.7 Å². The maximum Gasteiger partial charge on any atom is 0.433 e. The third kappa shape index (κ3) is 5.22. The summed E-state index contributed by atoms with van der Waals surface area (Å²) >= 11 is 6.14. The van der Waals surface area contributed by atoms with Crippen LogP contribution < -0.4 is 10.1 Å². The molecule has 2 aromatic carbocycles. The lowest BCUT2D eigenvalue weighted by atomic mass is 10.1. The number of methoxy groups -OCH3 is 1. The number of carbonyl (C=O) groups excluding carboxylic acids is 1. The Kier molecular flexibility index (Phi) is 6.96. The van der Waals surface area contributed by atoms with Crippen LogP contribution in [0.2, 0.25) is 5.02 Å². The van der Waals surface area contributed by atoms with Crippen molar-refractivity contribution in [3.05, 3.63) is 93.8 Å². The Morgan fingerprint density at radius 1 is 1.05 bits per heavy atom. The van der Waals surface area contributed by atoms with Gasteiger partial charge in [0.05, 0.1) is 36.4 Å². The highest BCUT2D eigenvalue weighted by atomic mass is 35.5. The molecule has 40 heavy (non-hydrogen) atoms. The molecule has 0 bridgehead atoms. The monoisotopic (exact) mass is 572 g/mol. The first-order chi connectivity index (χ1) is 18.9. The van der Waals surface area contributed by atoms with Crippen LogP contribution in [0.1, 0.15) is 33.1 Å². The maximum absolute atomic E-state index is 14.0. The standard InChI is InChI=1S/C27H21ClF4N6O2/c1-14-25(15(2)37(35-14)13-17-4-7-18(29)10-20(17)28)34-26(39)22-12-24-33-21(16-5-8-19(40-3)9-6-16)11-23(27(30,31)32)38(24)36-22/h4-12H,13H2,1-3H3,(H,34,39). The van der Waals surface area contributed by atoms with Crippen LogP contribution in [0.5, 0.6) is 5.75 Å². The van der Waals surface area contributed by atoms with Gasteiger partial charge in [-0.25, -0.2) is 13.9 Å². The second-order valence-corrected chi connectivity index (χ2v) is 9.35. The van der Waals surface area contributed by atoms with Crippen molar-refractivity contribution in [2.45, 2.75) is 26.6 Å². The molecule has 0 aliphatic carbocycles. The van der Waals surface area contributed by atoms with Crippen LogP contribution >= 0.6 is 11.6 Å². The van der Waals surface area contributed by atoms with Crippen LogP contribution in [0.3, 0.4) is 0 Å². The van der Waals surface area contributed by atoms with Gasteiger partial charge in [0, 0.05) is 16.7 Å². The number of hydrogen-bond donors (Lipinski definition) is 1. The number of aromatic nitrogens is 5. The molecule has 206 valence electrons. The molecule has 5 aromatic rings. The summed E-state index contributed by atoms with van der Waals surface area (Å²) in [5.74, 6) is -0.671. The number of amides is 1. The second-order valence-electron chi connectivity index (χ2n) is 8.95.